The van der Waals surface area contributed by atoms with Crippen LogP contribution in [0, 0.1) is 0 Å². The molecule has 0 aliphatic heterocycles. The van der Waals surface area contributed by atoms with Gasteiger partial charge in [0.05, 0.1) is 5.69 Å². The number of hydrogen-bond donors (Lipinski definition) is 1. The summed E-state index contributed by atoms with van der Waals surface area (Å²) in [5.41, 5.74) is 2.30. The number of nitrogens with one attached hydrogen (secondary N) is 1. The van der Waals surface area contributed by atoms with E-state index in [1.54, 1.807) is 28.7 Å². The summed E-state index contributed by atoms with van der Waals surface area (Å²) >= 11 is 3.52. The predicted octanol–water partition coefficient (Wildman–Crippen LogP) is 3.00. The highest BCUT2D eigenvalue weighted by molar-refractivity contribution is 8.00. The van der Waals surface area contributed by atoms with Crippen molar-refractivity contribution < 1.29 is 0 Å². The van der Waals surface area contributed by atoms with E-state index in [4.69, 9.17) is 0 Å². The zero-order chi connectivity index (χ0) is 15.0. The van der Waals surface area contributed by atoms with Gasteiger partial charge in [-0.1, -0.05) is 30.0 Å². The fourth-order valence-corrected chi connectivity index (χ4v) is 3.73. The lowest BCUT2D eigenvalue weighted by atomic mass is 10.2. The highest BCUT2D eigenvalue weighted by atomic mass is 32.2. The first kappa shape index (κ1) is 15.2. The van der Waals surface area contributed by atoms with Crippen LogP contribution in [0.5, 0.6) is 0 Å². The van der Waals surface area contributed by atoms with Crippen LogP contribution in [0.4, 0.5) is 0 Å². The summed E-state index contributed by atoms with van der Waals surface area (Å²) in [6, 6.07) is 8.25. The maximum absolute atomic E-state index is 4.27. The summed E-state index contributed by atoms with van der Waals surface area (Å²) in [6.07, 6.45) is 6.26. The molecule has 0 bridgehead atoms. The maximum atomic E-state index is 4.27. The van der Waals surface area contributed by atoms with Crippen LogP contribution in [0.25, 0.3) is 5.69 Å². The minimum atomic E-state index is 0.831. The van der Waals surface area contributed by atoms with Crippen LogP contribution in [0.1, 0.15) is 12.0 Å². The van der Waals surface area contributed by atoms with Crippen LogP contribution in [-0.2, 0) is 6.54 Å². The smallest absolute Gasteiger partial charge is 0.149 e. The second kappa shape index (κ2) is 8.07. The van der Waals surface area contributed by atoms with Gasteiger partial charge < -0.3 is 5.32 Å². The van der Waals surface area contributed by atoms with Gasteiger partial charge in [-0.25, -0.2) is 14.6 Å². The Morgan fingerprint density at radius 3 is 3.05 bits per heavy atom. The van der Waals surface area contributed by atoms with E-state index >= 15 is 0 Å². The Kier molecular flexibility index (Phi) is 5.58. The lowest BCUT2D eigenvalue weighted by Crippen LogP contribution is -2.16. The summed E-state index contributed by atoms with van der Waals surface area (Å²) in [7, 11) is 0. The summed E-state index contributed by atoms with van der Waals surface area (Å²) < 4.78 is 2.95. The Balaban J connectivity index is 1.44. The number of hydrogen-bond acceptors (Lipinski definition) is 6. The molecule has 114 valence electrons. The first-order chi connectivity index (χ1) is 10.9. The Labute approximate surface area is 137 Å². The molecule has 2 aromatic heterocycles. The Morgan fingerprint density at radius 2 is 2.23 bits per heavy atom. The second-order valence-corrected chi connectivity index (χ2v) is 6.88. The van der Waals surface area contributed by atoms with Crippen molar-refractivity contribution >= 4 is 23.1 Å². The van der Waals surface area contributed by atoms with Crippen LogP contribution in [-0.4, -0.2) is 32.0 Å². The van der Waals surface area contributed by atoms with Crippen LogP contribution in [0.3, 0.4) is 0 Å². The zero-order valence-electron chi connectivity index (χ0n) is 12.1. The summed E-state index contributed by atoms with van der Waals surface area (Å²) in [4.78, 5) is 8.28. The lowest BCUT2D eigenvalue weighted by molar-refractivity contribution is 0.673. The minimum Gasteiger partial charge on any atom is -0.313 e. The molecule has 7 heteroatoms. The van der Waals surface area contributed by atoms with Gasteiger partial charge in [0.1, 0.15) is 17.0 Å². The molecule has 3 rings (SSSR count). The third-order valence-electron chi connectivity index (χ3n) is 3.11. The van der Waals surface area contributed by atoms with Crippen LogP contribution >= 0.6 is 23.1 Å². The van der Waals surface area contributed by atoms with E-state index in [0.29, 0.717) is 0 Å². The predicted molar refractivity (Wildman–Crippen MR) is 90.5 cm³/mol. The van der Waals surface area contributed by atoms with Crippen molar-refractivity contribution in [2.75, 3.05) is 12.3 Å². The van der Waals surface area contributed by atoms with E-state index in [9.17, 15) is 0 Å². The largest absolute Gasteiger partial charge is 0.313 e. The number of rotatable bonds is 8. The van der Waals surface area contributed by atoms with Gasteiger partial charge in [0.15, 0.2) is 0 Å². The molecule has 0 unspecified atom stereocenters. The molecule has 1 N–H and O–H groups in total. The van der Waals surface area contributed by atoms with E-state index in [1.165, 1.54) is 5.56 Å². The third kappa shape index (κ3) is 4.16. The van der Waals surface area contributed by atoms with E-state index in [1.807, 2.05) is 29.4 Å². The molecule has 0 aliphatic carbocycles. The molecule has 2 heterocycles. The topological polar surface area (TPSA) is 55.6 Å². The molecule has 0 aliphatic rings. The molecule has 5 nitrogen and oxygen atoms in total. The lowest BCUT2D eigenvalue weighted by Gasteiger charge is -2.10. The van der Waals surface area contributed by atoms with Crippen molar-refractivity contribution in [2.24, 2.45) is 0 Å². The normalized spacial score (nSPS) is 10.9. The molecule has 22 heavy (non-hydrogen) atoms. The monoisotopic (exact) mass is 331 g/mol. The molecule has 0 radical (unpaired) electrons. The van der Waals surface area contributed by atoms with Gasteiger partial charge in [-0.3, -0.25) is 0 Å². The number of thiazole rings is 1. The van der Waals surface area contributed by atoms with E-state index in [2.05, 4.69) is 38.6 Å². The van der Waals surface area contributed by atoms with E-state index in [-0.39, 0.29) is 0 Å². The molecule has 0 saturated carbocycles. The average Bonchev–Trinajstić information content (AvgIpc) is 3.24. The zero-order valence-corrected chi connectivity index (χ0v) is 13.7. The van der Waals surface area contributed by atoms with Gasteiger partial charge in [0.2, 0.25) is 0 Å². The second-order valence-electron chi connectivity index (χ2n) is 4.65. The quantitative estimate of drug-likeness (QED) is 0.508. The Bertz CT molecular complexity index is 667. The van der Waals surface area contributed by atoms with Gasteiger partial charge in [0.25, 0.3) is 0 Å². The SMILES string of the molecule is c1ccc(-n2cncn2)c(CNCCCSc2nccs2)c1. The number of nitrogens with zero attached hydrogens (tertiary/aromatic N) is 4. The maximum Gasteiger partial charge on any atom is 0.149 e. The molecule has 0 amide bonds. The fourth-order valence-electron chi connectivity index (χ4n) is 2.08. The fraction of sp³-hybridized carbons (Fsp3) is 0.267. The standard InChI is InChI=1S/C15H17N5S2/c1-2-5-14(20-12-17-11-19-20)13(4-1)10-16-6-3-8-21-15-18-7-9-22-15/h1-2,4-5,7,9,11-12,16H,3,6,8,10H2. The number of benzene rings is 1. The van der Waals surface area contributed by atoms with Gasteiger partial charge in [-0.15, -0.1) is 11.3 Å². The third-order valence-corrected chi connectivity index (χ3v) is 5.16. The summed E-state index contributed by atoms with van der Waals surface area (Å²) in [5, 5.41) is 9.71. The summed E-state index contributed by atoms with van der Waals surface area (Å²) in [6.45, 7) is 1.82. The number of thioether (sulfide) groups is 1. The average molecular weight is 331 g/mol. The van der Waals surface area contributed by atoms with Gasteiger partial charge in [-0.2, -0.15) is 5.10 Å². The number of para-hydroxylation sites is 1. The molecular weight excluding hydrogens is 314 g/mol. The highest BCUT2D eigenvalue weighted by Crippen LogP contribution is 2.20. The molecule has 1 aromatic carbocycles. The van der Waals surface area contributed by atoms with Gasteiger partial charge >= 0.3 is 0 Å². The van der Waals surface area contributed by atoms with Gasteiger partial charge in [-0.05, 0) is 24.6 Å². The van der Waals surface area contributed by atoms with Crippen LogP contribution in [0.2, 0.25) is 0 Å². The molecule has 0 atom stereocenters. The highest BCUT2D eigenvalue weighted by Gasteiger charge is 2.04. The molecule has 0 spiro atoms. The van der Waals surface area contributed by atoms with Crippen molar-refractivity contribution in [2.45, 2.75) is 17.3 Å². The van der Waals surface area contributed by atoms with Crippen molar-refractivity contribution in [3.05, 3.63) is 54.1 Å². The van der Waals surface area contributed by atoms with Gasteiger partial charge in [0, 0.05) is 23.9 Å². The van der Waals surface area contributed by atoms with E-state index < -0.39 is 0 Å². The van der Waals surface area contributed by atoms with E-state index in [0.717, 1.165) is 35.3 Å². The molecular formula is C15H17N5S2. The first-order valence-electron chi connectivity index (χ1n) is 7.09. The molecule has 0 fully saturated rings. The Hall–Kier alpha value is -1.70. The summed E-state index contributed by atoms with van der Waals surface area (Å²) in [5.74, 6) is 1.09. The van der Waals surface area contributed by atoms with Crippen molar-refractivity contribution in [1.29, 1.82) is 0 Å². The first-order valence-corrected chi connectivity index (χ1v) is 8.96. The van der Waals surface area contributed by atoms with Crippen molar-refractivity contribution in [1.82, 2.24) is 25.1 Å². The number of aromatic nitrogens is 4. The Morgan fingerprint density at radius 1 is 1.27 bits per heavy atom. The van der Waals surface area contributed by atoms with Crippen molar-refractivity contribution in [3.63, 3.8) is 0 Å². The minimum absolute atomic E-state index is 0.831. The van der Waals surface area contributed by atoms with Crippen LogP contribution < -0.4 is 5.32 Å². The van der Waals surface area contributed by atoms with Crippen LogP contribution in [0.15, 0.2) is 52.8 Å². The molecule has 3 aromatic rings. The molecule has 0 saturated heterocycles. The van der Waals surface area contributed by atoms with Crippen molar-refractivity contribution in [3.8, 4) is 5.69 Å².